The van der Waals surface area contributed by atoms with Crippen molar-refractivity contribution in [3.05, 3.63) is 17.5 Å². The highest BCUT2D eigenvalue weighted by Crippen LogP contribution is 2.35. The van der Waals surface area contributed by atoms with Crippen LogP contribution in [0, 0.1) is 6.92 Å². The van der Waals surface area contributed by atoms with Crippen molar-refractivity contribution in [1.29, 1.82) is 0 Å². The number of hydrogen-bond donors (Lipinski definition) is 1. The van der Waals surface area contributed by atoms with Crippen LogP contribution in [-0.2, 0) is 0 Å². The number of carboxylic acids is 1. The molecule has 1 N–H and O–H groups in total. The molecule has 0 saturated heterocycles. The number of carbonyl (C=O) groups is 1. The summed E-state index contributed by atoms with van der Waals surface area (Å²) in [6.45, 7) is 1.15. The molecule has 0 saturated carbocycles. The highest BCUT2D eigenvalue weighted by Gasteiger charge is 2.34. The molecule has 17 heavy (non-hydrogen) atoms. The first kappa shape index (κ1) is 13.1. The second-order valence-corrected chi connectivity index (χ2v) is 2.98. The average molecular weight is 251 g/mol. The largest absolute Gasteiger partial charge is 0.573 e. The monoisotopic (exact) mass is 251 g/mol. The van der Waals surface area contributed by atoms with E-state index in [4.69, 9.17) is 5.11 Å². The molecule has 0 bridgehead atoms. The van der Waals surface area contributed by atoms with Crippen LogP contribution in [0.1, 0.15) is 16.1 Å². The maximum atomic E-state index is 12.1. The smallest absolute Gasteiger partial charge is 0.491 e. The van der Waals surface area contributed by atoms with E-state index in [0.29, 0.717) is 0 Å². The van der Waals surface area contributed by atoms with Crippen molar-refractivity contribution in [2.24, 2.45) is 0 Å². The average Bonchev–Trinajstić information content (AvgIpc) is 2.18. The summed E-state index contributed by atoms with van der Waals surface area (Å²) in [4.78, 5) is 14.2. The van der Waals surface area contributed by atoms with Crippen LogP contribution in [0.2, 0.25) is 0 Å². The number of halogens is 3. The Balaban J connectivity index is 3.32. The third kappa shape index (κ3) is 2.99. The molecule has 0 radical (unpaired) electrons. The van der Waals surface area contributed by atoms with E-state index < -0.39 is 23.8 Å². The van der Waals surface area contributed by atoms with E-state index in [1.807, 2.05) is 0 Å². The van der Waals surface area contributed by atoms with E-state index in [0.717, 1.165) is 20.2 Å². The molecule has 0 fully saturated rings. The molecule has 1 aromatic rings. The van der Waals surface area contributed by atoms with Crippen LogP contribution in [0.3, 0.4) is 0 Å². The van der Waals surface area contributed by atoms with Crippen LogP contribution >= 0.6 is 0 Å². The van der Waals surface area contributed by atoms with Gasteiger partial charge in [0.05, 0.1) is 13.3 Å². The first-order valence-corrected chi connectivity index (χ1v) is 4.29. The fourth-order valence-electron chi connectivity index (χ4n) is 1.17. The van der Waals surface area contributed by atoms with Gasteiger partial charge in [-0.1, -0.05) is 0 Å². The van der Waals surface area contributed by atoms with Gasteiger partial charge in [0.1, 0.15) is 0 Å². The summed E-state index contributed by atoms with van der Waals surface area (Å²) < 4.78 is 44.7. The molecular weight excluding hydrogens is 243 g/mol. The predicted octanol–water partition coefficient (Wildman–Crippen LogP) is 2.00. The molecule has 0 amide bonds. The van der Waals surface area contributed by atoms with Crippen molar-refractivity contribution in [2.75, 3.05) is 7.11 Å². The summed E-state index contributed by atoms with van der Waals surface area (Å²) in [5.41, 5.74) is -0.778. The fourth-order valence-corrected chi connectivity index (χ4v) is 1.17. The molecule has 0 aliphatic carbocycles. The lowest BCUT2D eigenvalue weighted by molar-refractivity contribution is -0.275. The predicted molar refractivity (Wildman–Crippen MR) is 49.2 cm³/mol. The molecule has 0 atom stereocenters. The fraction of sp³-hybridized carbons (Fsp3) is 0.333. The second kappa shape index (κ2) is 4.48. The van der Waals surface area contributed by atoms with E-state index in [-0.39, 0.29) is 11.3 Å². The summed E-state index contributed by atoms with van der Waals surface area (Å²) in [5, 5.41) is 8.71. The number of ether oxygens (including phenoxy) is 2. The number of pyridine rings is 1. The minimum Gasteiger partial charge on any atom is -0.491 e. The van der Waals surface area contributed by atoms with Crippen LogP contribution < -0.4 is 9.47 Å². The molecule has 1 rings (SSSR count). The minimum absolute atomic E-state index is 0.255. The quantitative estimate of drug-likeness (QED) is 0.889. The SMILES string of the molecule is COc1cnc(C(=O)O)c(C)c1OC(F)(F)F. The Morgan fingerprint density at radius 2 is 2.06 bits per heavy atom. The number of aromatic carboxylic acids is 1. The standard InChI is InChI=1S/C9H8F3NO4/c1-4-6(8(14)15)13-3-5(16-2)7(4)17-9(10,11)12/h3H,1-2H3,(H,14,15). The molecule has 0 unspecified atom stereocenters. The van der Waals surface area contributed by atoms with Gasteiger partial charge in [0.15, 0.2) is 17.2 Å². The molecule has 0 spiro atoms. The Kier molecular flexibility index (Phi) is 3.45. The van der Waals surface area contributed by atoms with Crippen LogP contribution in [0.25, 0.3) is 0 Å². The number of nitrogens with zero attached hydrogens (tertiary/aromatic N) is 1. The second-order valence-electron chi connectivity index (χ2n) is 2.98. The summed E-state index contributed by atoms with van der Waals surface area (Å²) >= 11 is 0. The molecule has 5 nitrogen and oxygen atoms in total. The number of hydrogen-bond acceptors (Lipinski definition) is 4. The lowest BCUT2D eigenvalue weighted by Crippen LogP contribution is -2.19. The third-order valence-electron chi connectivity index (χ3n) is 1.87. The first-order chi connectivity index (χ1) is 7.76. The van der Waals surface area contributed by atoms with Gasteiger partial charge in [0.2, 0.25) is 0 Å². The minimum atomic E-state index is -4.94. The van der Waals surface area contributed by atoms with Gasteiger partial charge in [-0.25, -0.2) is 9.78 Å². The number of carboxylic acid groups (broad SMARTS) is 1. The van der Waals surface area contributed by atoms with E-state index >= 15 is 0 Å². The van der Waals surface area contributed by atoms with Crippen molar-refractivity contribution in [2.45, 2.75) is 13.3 Å². The summed E-state index contributed by atoms with van der Waals surface area (Å²) in [7, 11) is 1.13. The zero-order valence-electron chi connectivity index (χ0n) is 8.83. The summed E-state index contributed by atoms with van der Waals surface area (Å²) in [6, 6.07) is 0. The topological polar surface area (TPSA) is 68.7 Å². The van der Waals surface area contributed by atoms with Crippen molar-refractivity contribution < 1.29 is 32.5 Å². The normalized spacial score (nSPS) is 11.1. The van der Waals surface area contributed by atoms with Crippen molar-refractivity contribution in [3.63, 3.8) is 0 Å². The molecular formula is C9H8F3NO4. The number of aromatic nitrogens is 1. The van der Waals surface area contributed by atoms with Gasteiger partial charge in [-0.2, -0.15) is 0 Å². The molecule has 94 valence electrons. The van der Waals surface area contributed by atoms with Gasteiger partial charge in [0.25, 0.3) is 0 Å². The lowest BCUT2D eigenvalue weighted by Gasteiger charge is -2.15. The Morgan fingerprint density at radius 3 is 2.47 bits per heavy atom. The van der Waals surface area contributed by atoms with E-state index in [9.17, 15) is 18.0 Å². The molecule has 1 aromatic heterocycles. The van der Waals surface area contributed by atoms with Crippen molar-refractivity contribution in [3.8, 4) is 11.5 Å². The zero-order valence-corrected chi connectivity index (χ0v) is 8.83. The number of rotatable bonds is 3. The van der Waals surface area contributed by atoms with E-state index in [2.05, 4.69) is 14.5 Å². The van der Waals surface area contributed by atoms with Gasteiger partial charge in [-0.05, 0) is 6.92 Å². The van der Waals surface area contributed by atoms with E-state index in [1.165, 1.54) is 0 Å². The van der Waals surface area contributed by atoms with Crippen LogP contribution in [0.15, 0.2) is 6.20 Å². The Hall–Kier alpha value is -1.99. The number of alkyl halides is 3. The highest BCUT2D eigenvalue weighted by molar-refractivity contribution is 5.88. The van der Waals surface area contributed by atoms with Crippen molar-refractivity contribution in [1.82, 2.24) is 4.98 Å². The lowest BCUT2D eigenvalue weighted by atomic mass is 10.2. The first-order valence-electron chi connectivity index (χ1n) is 4.29. The summed E-state index contributed by atoms with van der Waals surface area (Å²) in [5.74, 6) is -2.44. The Bertz CT molecular complexity index is 445. The maximum absolute atomic E-state index is 12.1. The van der Waals surface area contributed by atoms with Crippen LogP contribution in [-0.4, -0.2) is 29.5 Å². The Morgan fingerprint density at radius 1 is 1.47 bits per heavy atom. The molecule has 0 aliphatic rings. The molecule has 1 heterocycles. The zero-order chi connectivity index (χ0) is 13.2. The van der Waals surface area contributed by atoms with Gasteiger partial charge in [0, 0.05) is 5.56 Å². The number of methoxy groups -OCH3 is 1. The molecule has 8 heteroatoms. The molecule has 0 aliphatic heterocycles. The maximum Gasteiger partial charge on any atom is 0.573 e. The van der Waals surface area contributed by atoms with Gasteiger partial charge in [-0.3, -0.25) is 0 Å². The Labute approximate surface area is 93.8 Å². The van der Waals surface area contributed by atoms with Gasteiger partial charge < -0.3 is 14.6 Å². The van der Waals surface area contributed by atoms with Crippen molar-refractivity contribution >= 4 is 5.97 Å². The highest BCUT2D eigenvalue weighted by atomic mass is 19.4. The third-order valence-corrected chi connectivity index (χ3v) is 1.87. The van der Waals surface area contributed by atoms with Gasteiger partial charge in [-0.15, -0.1) is 13.2 Å². The summed E-state index contributed by atoms with van der Waals surface area (Å²) in [6.07, 6.45) is -4.08. The molecule has 0 aromatic carbocycles. The van der Waals surface area contributed by atoms with Crippen LogP contribution in [0.4, 0.5) is 13.2 Å². The van der Waals surface area contributed by atoms with Gasteiger partial charge >= 0.3 is 12.3 Å². The van der Waals surface area contributed by atoms with E-state index in [1.54, 1.807) is 0 Å². The van der Waals surface area contributed by atoms with Crippen LogP contribution in [0.5, 0.6) is 11.5 Å².